The van der Waals surface area contributed by atoms with E-state index in [0.29, 0.717) is 37.5 Å². The standard InChI is InChI=1S/C10H16O10S5.CH3O2S.Al/c1-21(11,12)6-8(23(3,15)16)10(25(5,19)20)9(24(4,17)18)7-22(2,13)14;1-4(2)3;/h6H,1-5H3;1H3;. The zero-order valence-electron chi connectivity index (χ0n) is 16.5. The molecule has 1 atom stereocenters. The van der Waals surface area contributed by atoms with E-state index >= 15 is 0 Å². The Labute approximate surface area is 180 Å². The van der Waals surface area contributed by atoms with Gasteiger partial charge in [0.05, 0.1) is 27.0 Å². The fourth-order valence-corrected chi connectivity index (χ4v) is 30.0. The van der Waals surface area contributed by atoms with Crippen LogP contribution in [-0.4, -0.2) is 105 Å². The van der Waals surface area contributed by atoms with E-state index in [0.717, 1.165) is 0 Å². The Morgan fingerprint density at radius 3 is 1.10 bits per heavy atom. The molecule has 1 heterocycles. The molecule has 0 spiro atoms. The van der Waals surface area contributed by atoms with Gasteiger partial charge in [-0.25, -0.2) is 42.1 Å². The first-order valence-corrected chi connectivity index (χ1v) is 21.5. The molecule has 0 radical (unpaired) electrons. The third-order valence-corrected chi connectivity index (χ3v) is 22.9. The maximum Gasteiger partial charge on any atom is 0.532 e. The molecule has 30 heavy (non-hydrogen) atoms. The van der Waals surface area contributed by atoms with E-state index in [1.54, 1.807) is 0 Å². The molecule has 1 aliphatic heterocycles. The van der Waals surface area contributed by atoms with Crippen LogP contribution in [0.3, 0.4) is 0 Å². The summed E-state index contributed by atoms with van der Waals surface area (Å²) in [5, 5.41) is 0. The minimum absolute atomic E-state index is 0.361. The number of rotatable bonds is 6. The van der Waals surface area contributed by atoms with Crippen LogP contribution in [0.4, 0.5) is 0 Å². The van der Waals surface area contributed by atoms with Crippen molar-refractivity contribution in [3.8, 4) is 0 Å². The second kappa shape index (κ2) is 7.64. The molecule has 0 aromatic rings. The van der Waals surface area contributed by atoms with Gasteiger partial charge in [0.1, 0.15) is 9.84 Å². The summed E-state index contributed by atoms with van der Waals surface area (Å²) in [4.78, 5) is -4.52. The predicted molar refractivity (Wildman–Crippen MR) is 113 cm³/mol. The molecule has 0 amide bonds. The fraction of sp³-hybridized carbons (Fsp3) is 0.636. The molecule has 0 saturated heterocycles. The van der Waals surface area contributed by atoms with E-state index in [1.165, 1.54) is 0 Å². The van der Waals surface area contributed by atoms with E-state index in [4.69, 9.17) is 0 Å². The van der Waals surface area contributed by atoms with Gasteiger partial charge in [-0.2, -0.15) is 0 Å². The topological polar surface area (TPSA) is 205 Å². The first kappa shape index (κ1) is 27.7. The van der Waals surface area contributed by atoms with Crippen LogP contribution in [0, 0.1) is 0 Å². The summed E-state index contributed by atoms with van der Waals surface area (Å²) < 4.78 is 146. The SMILES string of the molecule is CS(=O)(=O)C1=C(S(C)(=O)=O)[CH](S(C)(=O)=O)[Al]([S](C)(=O)=O)[C](S(C)(=O)=O)=C1S(C)(=O)=O. The summed E-state index contributed by atoms with van der Waals surface area (Å²) in [6.45, 7) is 0. The van der Waals surface area contributed by atoms with E-state index in [-0.39, 0.29) is 0 Å². The lowest BCUT2D eigenvalue weighted by Crippen LogP contribution is -2.53. The van der Waals surface area contributed by atoms with Crippen molar-refractivity contribution in [2.45, 2.75) is 4.11 Å². The first-order chi connectivity index (χ1) is 12.7. The second-order valence-electron chi connectivity index (χ2n) is 6.98. The summed E-state index contributed by atoms with van der Waals surface area (Å²) in [6, 6.07) is 0. The van der Waals surface area contributed by atoms with Crippen molar-refractivity contribution in [1.29, 1.82) is 0 Å². The Morgan fingerprint density at radius 1 is 0.533 bits per heavy atom. The van der Waals surface area contributed by atoms with Gasteiger partial charge < -0.3 is 0 Å². The third kappa shape index (κ3) is 5.55. The van der Waals surface area contributed by atoms with Crippen LogP contribution in [0.25, 0.3) is 0 Å². The fourth-order valence-electron chi connectivity index (χ4n) is 3.06. The largest absolute Gasteiger partial charge is 0.532 e. The summed E-state index contributed by atoms with van der Waals surface area (Å²) in [6.07, 6.45) is 2.36. The normalized spacial score (nSPS) is 20.6. The molecule has 19 heteroatoms. The maximum atomic E-state index is 12.5. The summed E-state index contributed by atoms with van der Waals surface area (Å²) in [5.41, 5.74) is 0. The average Bonchev–Trinajstić information content (AvgIpc) is 2.37. The van der Waals surface area contributed by atoms with Gasteiger partial charge in [-0.3, -0.25) is 8.42 Å². The quantitative estimate of drug-likeness (QED) is 0.300. The first-order valence-electron chi connectivity index (χ1n) is 7.40. The molecule has 174 valence electrons. The molecule has 1 aliphatic rings. The van der Waals surface area contributed by atoms with Crippen LogP contribution in [0.15, 0.2) is 18.5 Å². The Morgan fingerprint density at radius 2 is 0.900 bits per heavy atom. The van der Waals surface area contributed by atoms with Gasteiger partial charge >= 0.3 is 13.0 Å². The highest BCUT2D eigenvalue weighted by atomic mass is 32.4. The lowest BCUT2D eigenvalue weighted by molar-refractivity contribution is 0.591. The minimum Gasteiger partial charge on any atom is -0.252 e. The smallest absolute Gasteiger partial charge is 0.252 e. The van der Waals surface area contributed by atoms with Gasteiger partial charge in [0.15, 0.2) is 39.3 Å². The summed E-state index contributed by atoms with van der Waals surface area (Å²) in [7, 11) is -28.9. The van der Waals surface area contributed by atoms with Gasteiger partial charge in [0, 0.05) is 41.3 Å². The van der Waals surface area contributed by atoms with Crippen molar-refractivity contribution in [2.24, 2.45) is 0 Å². The minimum atomic E-state index is -4.88. The lowest BCUT2D eigenvalue weighted by atomic mass is 10.5. The van der Waals surface area contributed by atoms with Gasteiger partial charge in [0.25, 0.3) is 0 Å². The van der Waals surface area contributed by atoms with Crippen LogP contribution in [0.1, 0.15) is 0 Å². The highest BCUT2D eigenvalue weighted by Crippen LogP contribution is 2.43. The van der Waals surface area contributed by atoms with Crippen LogP contribution in [-0.2, 0) is 57.4 Å². The zero-order valence-corrected chi connectivity index (χ0v) is 22.6. The molecule has 0 saturated carbocycles. The molecule has 1 unspecified atom stereocenters. The summed E-state index contributed by atoms with van der Waals surface area (Å²) >= 11 is -4.62. The predicted octanol–water partition coefficient (Wildman–Crippen LogP) is -2.87. The van der Waals surface area contributed by atoms with Gasteiger partial charge in [-0.15, -0.1) is 0 Å². The molecule has 0 fully saturated rings. The van der Waals surface area contributed by atoms with Crippen LogP contribution in [0.5, 0.6) is 0 Å². The van der Waals surface area contributed by atoms with Crippen molar-refractivity contribution in [3.63, 3.8) is 0 Å². The van der Waals surface area contributed by atoms with Crippen LogP contribution < -0.4 is 0 Å². The van der Waals surface area contributed by atoms with Crippen molar-refractivity contribution in [1.82, 2.24) is 0 Å². The molecule has 12 nitrogen and oxygen atoms in total. The monoisotopic (exact) mass is 562 g/mol. The molecule has 0 aromatic heterocycles. The van der Waals surface area contributed by atoms with Crippen molar-refractivity contribution in [3.05, 3.63) is 18.5 Å². The van der Waals surface area contributed by atoms with Crippen LogP contribution in [0.2, 0.25) is 0 Å². The third-order valence-electron chi connectivity index (χ3n) is 3.91. The van der Waals surface area contributed by atoms with Gasteiger partial charge in [0.2, 0.25) is 0 Å². The van der Waals surface area contributed by atoms with E-state index in [2.05, 4.69) is 0 Å². The van der Waals surface area contributed by atoms with Gasteiger partial charge in [-0.1, -0.05) is 0 Å². The van der Waals surface area contributed by atoms with E-state index in [1.807, 2.05) is 0 Å². The Balaban J connectivity index is 4.94. The van der Waals surface area contributed by atoms with Crippen molar-refractivity contribution in [2.75, 3.05) is 37.5 Å². The molecular weight excluding hydrogens is 543 g/mol. The highest BCUT2D eigenvalue weighted by Gasteiger charge is 2.61. The molecule has 0 bridgehead atoms. The maximum absolute atomic E-state index is 12.5. The lowest BCUT2D eigenvalue weighted by Gasteiger charge is -2.31. The van der Waals surface area contributed by atoms with Gasteiger partial charge in [-0.05, 0) is 0 Å². The number of hydrogen-bond acceptors (Lipinski definition) is 12. The molecular formula is C11H19AlO12S6. The Kier molecular flexibility index (Phi) is 7.07. The molecule has 0 aliphatic carbocycles. The van der Waals surface area contributed by atoms with Crippen LogP contribution >= 0.6 is 0 Å². The van der Waals surface area contributed by atoms with Crippen molar-refractivity contribution >= 4 is 70.4 Å². The summed E-state index contributed by atoms with van der Waals surface area (Å²) in [5.74, 6) is 0. The number of hydrogen-bond donors (Lipinski definition) is 0. The zero-order chi connectivity index (χ0) is 24.5. The highest BCUT2D eigenvalue weighted by molar-refractivity contribution is 8.24. The molecule has 1 rings (SSSR count). The Bertz CT molecular complexity index is 1380. The Hall–Kier alpha value is -0.288. The van der Waals surface area contributed by atoms with Crippen molar-refractivity contribution < 1.29 is 50.5 Å². The molecule has 0 N–H and O–H groups in total. The van der Waals surface area contributed by atoms with E-state index in [9.17, 15) is 50.5 Å². The average molecular weight is 563 g/mol. The number of sulfone groups is 5. The molecule has 0 aromatic carbocycles. The second-order valence-corrected chi connectivity index (χ2v) is 25.8. The van der Waals surface area contributed by atoms with E-state index < -0.39 is 93.0 Å².